The Morgan fingerprint density at radius 2 is 2.06 bits per heavy atom. The molecule has 8 heteroatoms. The summed E-state index contributed by atoms with van der Waals surface area (Å²) in [5.41, 5.74) is 1.88. The molecule has 4 aromatic rings. The Labute approximate surface area is 199 Å². The minimum atomic E-state index is -0.373. The van der Waals surface area contributed by atoms with Crippen molar-refractivity contribution in [3.8, 4) is 10.4 Å². The predicted octanol–water partition coefficient (Wildman–Crippen LogP) is 4.89. The van der Waals surface area contributed by atoms with Crippen molar-refractivity contribution >= 4 is 34.1 Å². The molecule has 6 rings (SSSR count). The molecule has 2 aliphatic rings. The standard InChI is InChI=1S/C26H22FN3O3S/c1-14-29-23(24(34-14)18-5-2-3-7-20(18)27)26(32)30-13-15-11-19(15)21(30)12-28-25(31)17-6-4-8-22-16(17)9-10-33-22/h2-10,15,19,21H,11-13H2,1H3,(H,28,31)/t15-,19-,21-/m1/s1. The quantitative estimate of drug-likeness (QED) is 0.446. The van der Waals surface area contributed by atoms with Gasteiger partial charge in [-0.05, 0) is 49.4 Å². The van der Waals surface area contributed by atoms with Crippen molar-refractivity contribution in [2.75, 3.05) is 13.1 Å². The van der Waals surface area contributed by atoms with Crippen LogP contribution in [-0.2, 0) is 0 Å². The molecule has 6 nitrogen and oxygen atoms in total. The highest BCUT2D eigenvalue weighted by molar-refractivity contribution is 7.15. The van der Waals surface area contributed by atoms with Crippen molar-refractivity contribution in [2.45, 2.75) is 19.4 Å². The summed E-state index contributed by atoms with van der Waals surface area (Å²) < 4.78 is 19.9. The number of piperidine rings is 1. The van der Waals surface area contributed by atoms with Gasteiger partial charge in [-0.15, -0.1) is 11.3 Å². The SMILES string of the molecule is Cc1nc(C(=O)N2C[C@H]3C[C@H]3[C@H]2CNC(=O)c2cccc3occc23)c(-c2ccccc2F)s1. The fourth-order valence-corrected chi connectivity index (χ4v) is 6.02. The predicted molar refractivity (Wildman–Crippen MR) is 127 cm³/mol. The van der Waals surface area contributed by atoms with Crippen molar-refractivity contribution < 1.29 is 18.4 Å². The molecule has 1 saturated carbocycles. The van der Waals surface area contributed by atoms with Crippen LogP contribution in [0.1, 0.15) is 32.3 Å². The number of carbonyl (C=O) groups excluding carboxylic acids is 2. The van der Waals surface area contributed by atoms with Crippen LogP contribution in [0, 0.1) is 24.6 Å². The number of likely N-dealkylation sites (tertiary alicyclic amines) is 1. The third kappa shape index (κ3) is 3.49. The number of rotatable bonds is 5. The highest BCUT2D eigenvalue weighted by atomic mass is 32.1. The molecule has 2 aromatic heterocycles. The number of nitrogens with one attached hydrogen (secondary N) is 1. The summed E-state index contributed by atoms with van der Waals surface area (Å²) in [6.45, 7) is 2.81. The molecule has 0 radical (unpaired) electrons. The second kappa shape index (κ2) is 8.06. The number of benzene rings is 2. The molecule has 0 bridgehead atoms. The number of aryl methyl sites for hydroxylation is 1. The van der Waals surface area contributed by atoms with Crippen LogP contribution in [0.5, 0.6) is 0 Å². The van der Waals surface area contributed by atoms with Gasteiger partial charge in [-0.1, -0.05) is 24.3 Å². The van der Waals surface area contributed by atoms with Gasteiger partial charge in [0.25, 0.3) is 11.8 Å². The van der Waals surface area contributed by atoms with Gasteiger partial charge in [-0.2, -0.15) is 0 Å². The Morgan fingerprint density at radius 1 is 1.21 bits per heavy atom. The summed E-state index contributed by atoms with van der Waals surface area (Å²) in [7, 11) is 0. The van der Waals surface area contributed by atoms with Crippen LogP contribution in [0.4, 0.5) is 4.39 Å². The zero-order chi connectivity index (χ0) is 23.4. The van der Waals surface area contributed by atoms with E-state index in [1.807, 2.05) is 17.9 Å². The highest BCUT2D eigenvalue weighted by Gasteiger charge is 2.54. The zero-order valence-corrected chi connectivity index (χ0v) is 19.3. The number of amides is 2. The first-order chi connectivity index (χ1) is 16.5. The number of thiazole rings is 1. The van der Waals surface area contributed by atoms with Gasteiger partial charge in [0.15, 0.2) is 0 Å². The van der Waals surface area contributed by atoms with Crippen LogP contribution < -0.4 is 5.32 Å². The van der Waals surface area contributed by atoms with E-state index in [0.717, 1.165) is 11.8 Å². The minimum Gasteiger partial charge on any atom is -0.464 e. The van der Waals surface area contributed by atoms with Gasteiger partial charge in [-0.3, -0.25) is 9.59 Å². The molecule has 3 atom stereocenters. The number of furan rings is 1. The Morgan fingerprint density at radius 3 is 2.91 bits per heavy atom. The molecular formula is C26H22FN3O3S. The van der Waals surface area contributed by atoms with Crippen molar-refractivity contribution in [2.24, 2.45) is 11.8 Å². The first-order valence-electron chi connectivity index (χ1n) is 11.3. The van der Waals surface area contributed by atoms with E-state index in [-0.39, 0.29) is 29.4 Å². The Hall–Kier alpha value is -3.52. The van der Waals surface area contributed by atoms with E-state index >= 15 is 0 Å². The Bertz CT molecular complexity index is 1430. The van der Waals surface area contributed by atoms with Gasteiger partial charge < -0.3 is 14.6 Å². The van der Waals surface area contributed by atoms with E-state index in [2.05, 4.69) is 10.3 Å². The molecule has 172 valence electrons. The first-order valence-corrected chi connectivity index (χ1v) is 12.1. The summed E-state index contributed by atoms with van der Waals surface area (Å²) in [4.78, 5) is 33.4. The van der Waals surface area contributed by atoms with E-state index < -0.39 is 0 Å². The Kier molecular flexibility index (Phi) is 4.99. The van der Waals surface area contributed by atoms with Crippen molar-refractivity contribution in [3.63, 3.8) is 0 Å². The lowest BCUT2D eigenvalue weighted by Crippen LogP contribution is -2.45. The lowest BCUT2D eigenvalue weighted by molar-refractivity contribution is 0.0690. The second-order valence-electron chi connectivity index (χ2n) is 8.92. The number of hydrogen-bond acceptors (Lipinski definition) is 5. The van der Waals surface area contributed by atoms with E-state index in [9.17, 15) is 14.0 Å². The van der Waals surface area contributed by atoms with Crippen LogP contribution in [0.25, 0.3) is 21.4 Å². The lowest BCUT2D eigenvalue weighted by atomic mass is 10.1. The summed E-state index contributed by atoms with van der Waals surface area (Å²) in [6, 6.07) is 13.5. The molecule has 0 unspecified atom stereocenters. The van der Waals surface area contributed by atoms with E-state index in [1.165, 1.54) is 17.4 Å². The third-order valence-electron chi connectivity index (χ3n) is 6.83. The van der Waals surface area contributed by atoms with Gasteiger partial charge in [-0.25, -0.2) is 9.37 Å². The minimum absolute atomic E-state index is 0.111. The molecule has 34 heavy (non-hydrogen) atoms. The maximum atomic E-state index is 14.5. The van der Waals surface area contributed by atoms with Crippen LogP contribution in [-0.4, -0.2) is 40.8 Å². The number of hydrogen-bond donors (Lipinski definition) is 1. The van der Waals surface area contributed by atoms with E-state index in [0.29, 0.717) is 51.5 Å². The van der Waals surface area contributed by atoms with Crippen molar-refractivity contribution in [1.82, 2.24) is 15.2 Å². The lowest BCUT2D eigenvalue weighted by Gasteiger charge is -2.27. The molecule has 1 saturated heterocycles. The molecule has 2 amide bonds. The topological polar surface area (TPSA) is 75.4 Å². The van der Waals surface area contributed by atoms with Gasteiger partial charge >= 0.3 is 0 Å². The summed E-state index contributed by atoms with van der Waals surface area (Å²) in [6.07, 6.45) is 2.62. The van der Waals surface area contributed by atoms with Crippen LogP contribution in [0.15, 0.2) is 59.2 Å². The first kappa shape index (κ1) is 21.0. The molecule has 1 N–H and O–H groups in total. The van der Waals surface area contributed by atoms with E-state index in [1.54, 1.807) is 42.7 Å². The van der Waals surface area contributed by atoms with Gasteiger partial charge in [0.05, 0.1) is 27.8 Å². The number of aromatic nitrogens is 1. The number of nitrogens with zero attached hydrogens (tertiary/aromatic N) is 2. The maximum Gasteiger partial charge on any atom is 0.274 e. The molecular weight excluding hydrogens is 453 g/mol. The summed E-state index contributed by atoms with van der Waals surface area (Å²) in [5, 5.41) is 4.50. The zero-order valence-electron chi connectivity index (χ0n) is 18.5. The molecule has 2 aromatic carbocycles. The molecule has 0 spiro atoms. The van der Waals surface area contributed by atoms with E-state index in [4.69, 9.17) is 4.42 Å². The number of carbonyl (C=O) groups is 2. The molecule has 1 aliphatic carbocycles. The van der Waals surface area contributed by atoms with Gasteiger partial charge in [0.1, 0.15) is 17.1 Å². The van der Waals surface area contributed by atoms with Gasteiger partial charge in [0, 0.05) is 24.0 Å². The molecule has 1 aliphatic heterocycles. The average Bonchev–Trinajstić information content (AvgIpc) is 3.16. The van der Waals surface area contributed by atoms with Crippen molar-refractivity contribution in [1.29, 1.82) is 0 Å². The van der Waals surface area contributed by atoms with Gasteiger partial charge in [0.2, 0.25) is 0 Å². The fraction of sp³-hybridized carbons (Fsp3) is 0.269. The fourth-order valence-electron chi connectivity index (χ4n) is 5.09. The van der Waals surface area contributed by atoms with Crippen LogP contribution in [0.3, 0.4) is 0 Å². The summed E-state index contributed by atoms with van der Waals surface area (Å²) >= 11 is 1.32. The maximum absolute atomic E-state index is 14.5. The largest absolute Gasteiger partial charge is 0.464 e. The second-order valence-corrected chi connectivity index (χ2v) is 10.1. The van der Waals surface area contributed by atoms with Crippen LogP contribution >= 0.6 is 11.3 Å². The van der Waals surface area contributed by atoms with Crippen LogP contribution in [0.2, 0.25) is 0 Å². The number of halogens is 1. The normalized spacial score (nSPS) is 21.0. The smallest absolute Gasteiger partial charge is 0.274 e. The molecule has 3 heterocycles. The van der Waals surface area contributed by atoms with Crippen molar-refractivity contribution in [3.05, 3.63) is 76.9 Å². The monoisotopic (exact) mass is 475 g/mol. The Balaban J connectivity index is 1.24. The third-order valence-corrected chi connectivity index (χ3v) is 7.84. The average molecular weight is 476 g/mol. The number of fused-ring (bicyclic) bond motifs is 2. The molecule has 2 fully saturated rings. The highest BCUT2D eigenvalue weighted by Crippen LogP contribution is 2.50. The summed E-state index contributed by atoms with van der Waals surface area (Å²) in [5.74, 6) is 0.0400.